The first-order valence-electron chi connectivity index (χ1n) is 4.43. The Morgan fingerprint density at radius 1 is 1.44 bits per heavy atom. The Hall–Kier alpha value is -1.00. The van der Waals surface area contributed by atoms with Crippen LogP contribution in [0.2, 0.25) is 0 Å². The van der Waals surface area contributed by atoms with Crippen molar-refractivity contribution in [3.8, 4) is 5.75 Å². The number of aliphatic imine (C=N–C) groups is 1. The molecule has 0 heterocycles. The Labute approximate surface area is 103 Å². The molecule has 0 amide bonds. The molecule has 2 N–H and O–H groups in total. The van der Waals surface area contributed by atoms with E-state index >= 15 is 0 Å². The second-order valence-corrected chi connectivity index (χ2v) is 4.28. The van der Waals surface area contributed by atoms with Crippen molar-refractivity contribution in [2.24, 2.45) is 10.7 Å². The molecule has 0 spiro atoms. The van der Waals surface area contributed by atoms with Crippen LogP contribution in [0.15, 0.2) is 29.3 Å². The molecule has 0 bridgehead atoms. The fourth-order valence-corrected chi connectivity index (χ4v) is 1.12. The maximum absolute atomic E-state index is 12.9. The monoisotopic (exact) mass is 264 g/mol. The lowest BCUT2D eigenvalue weighted by Gasteiger charge is -2.08. The van der Waals surface area contributed by atoms with Gasteiger partial charge < -0.3 is 10.5 Å². The number of nitrogens with zero attached hydrogens (tertiary/aromatic N) is 1. The van der Waals surface area contributed by atoms with Gasteiger partial charge in [0.2, 0.25) is 0 Å². The van der Waals surface area contributed by atoms with Gasteiger partial charge in [0.15, 0.2) is 5.84 Å². The van der Waals surface area contributed by atoms with Crippen molar-refractivity contribution in [2.75, 3.05) is 7.11 Å². The van der Waals surface area contributed by atoms with E-state index in [9.17, 15) is 4.39 Å². The van der Waals surface area contributed by atoms with Gasteiger partial charge in [0.25, 0.3) is 0 Å². The summed E-state index contributed by atoms with van der Waals surface area (Å²) in [5.41, 5.74) is 6.09. The second-order valence-electron chi connectivity index (χ2n) is 3.05. The normalized spacial score (nSPS) is 12.6. The van der Waals surface area contributed by atoms with E-state index in [1.807, 2.05) is 0 Å². The highest BCUT2D eigenvalue weighted by atomic mass is 35.5. The summed E-state index contributed by atoms with van der Waals surface area (Å²) in [4.78, 5) is 3.74. The second kappa shape index (κ2) is 5.37. The van der Waals surface area contributed by atoms with Crippen LogP contribution in [-0.4, -0.2) is 17.5 Å². The number of alkyl halides is 3. The maximum atomic E-state index is 12.9. The Kier molecular flexibility index (Phi) is 4.38. The fraction of sp³-hybridized carbons (Fsp3) is 0.300. The minimum absolute atomic E-state index is 0.209. The molecule has 0 aliphatic heterocycles. The predicted molar refractivity (Wildman–Crippen MR) is 63.9 cm³/mol. The van der Waals surface area contributed by atoms with E-state index in [-0.39, 0.29) is 6.54 Å². The number of hydrogen-bond acceptors (Lipinski definition) is 2. The minimum Gasteiger partial charge on any atom is -0.497 e. The van der Waals surface area contributed by atoms with Crippen LogP contribution in [0.5, 0.6) is 5.75 Å². The molecule has 0 radical (unpaired) electrons. The molecule has 0 unspecified atom stereocenters. The van der Waals surface area contributed by atoms with E-state index in [2.05, 4.69) is 4.99 Å². The lowest BCUT2D eigenvalue weighted by atomic mass is 10.2. The molecule has 0 aromatic heterocycles. The molecule has 1 aromatic rings. The highest BCUT2D eigenvalue weighted by Crippen LogP contribution is 2.22. The summed E-state index contributed by atoms with van der Waals surface area (Å²) in [5, 5.41) is 0. The summed E-state index contributed by atoms with van der Waals surface area (Å²) >= 11 is 10.2. The number of methoxy groups -OCH3 is 1. The van der Waals surface area contributed by atoms with Gasteiger partial charge in [-0.15, -0.1) is 0 Å². The first-order valence-corrected chi connectivity index (χ1v) is 5.19. The van der Waals surface area contributed by atoms with Crippen molar-refractivity contribution in [1.82, 2.24) is 0 Å². The summed E-state index contributed by atoms with van der Waals surface area (Å²) in [6, 6.07) is 7.12. The van der Waals surface area contributed by atoms with Gasteiger partial charge in [-0.05, 0) is 17.7 Å². The molecule has 0 atom stereocenters. The number of benzene rings is 1. The van der Waals surface area contributed by atoms with Crippen molar-refractivity contribution < 1.29 is 9.13 Å². The SMILES string of the molecule is COc1ccc(CN=C(N)C(F)(Cl)Cl)cc1. The van der Waals surface area contributed by atoms with Crippen LogP contribution >= 0.6 is 23.2 Å². The van der Waals surface area contributed by atoms with Crippen molar-refractivity contribution in [3.05, 3.63) is 29.8 Å². The zero-order valence-electron chi connectivity index (χ0n) is 8.58. The Morgan fingerprint density at radius 3 is 2.44 bits per heavy atom. The number of ether oxygens (including phenoxy) is 1. The molecule has 0 saturated carbocycles. The van der Waals surface area contributed by atoms with Crippen LogP contribution in [0.3, 0.4) is 0 Å². The molecule has 1 rings (SSSR count). The van der Waals surface area contributed by atoms with Crippen LogP contribution in [0.4, 0.5) is 4.39 Å². The third-order valence-corrected chi connectivity index (χ3v) is 2.27. The van der Waals surface area contributed by atoms with E-state index in [1.165, 1.54) is 0 Å². The van der Waals surface area contributed by atoms with Crippen LogP contribution < -0.4 is 10.5 Å². The van der Waals surface area contributed by atoms with Gasteiger partial charge >= 0.3 is 4.59 Å². The smallest absolute Gasteiger partial charge is 0.314 e. The third-order valence-electron chi connectivity index (χ3n) is 1.88. The molecule has 16 heavy (non-hydrogen) atoms. The topological polar surface area (TPSA) is 47.6 Å². The average molecular weight is 265 g/mol. The van der Waals surface area contributed by atoms with Gasteiger partial charge in [-0.25, -0.2) is 0 Å². The van der Waals surface area contributed by atoms with E-state index in [1.54, 1.807) is 31.4 Å². The van der Waals surface area contributed by atoms with E-state index in [0.717, 1.165) is 11.3 Å². The highest BCUT2D eigenvalue weighted by Gasteiger charge is 2.27. The van der Waals surface area contributed by atoms with Gasteiger partial charge in [-0.2, -0.15) is 4.39 Å². The molecular weight excluding hydrogens is 254 g/mol. The molecular formula is C10H11Cl2FN2O. The average Bonchev–Trinajstić information content (AvgIpc) is 2.25. The van der Waals surface area contributed by atoms with Gasteiger partial charge in [0.1, 0.15) is 5.75 Å². The Bertz CT molecular complexity index is 373. The number of halogens is 3. The number of amidine groups is 1. The molecule has 3 nitrogen and oxygen atoms in total. The van der Waals surface area contributed by atoms with Gasteiger partial charge in [-0.3, -0.25) is 4.99 Å². The standard InChI is InChI=1S/C10H11Cl2FN2O/c1-16-8-4-2-7(3-5-8)6-15-9(14)10(11,12)13/h2-5H,6H2,1H3,(H2,14,15). The molecule has 0 saturated heterocycles. The Balaban J connectivity index is 2.67. The van der Waals surface area contributed by atoms with Gasteiger partial charge in [0.05, 0.1) is 13.7 Å². The molecule has 6 heteroatoms. The predicted octanol–water partition coefficient (Wildman–Crippen LogP) is 2.65. The van der Waals surface area contributed by atoms with Gasteiger partial charge in [0, 0.05) is 0 Å². The molecule has 0 aliphatic rings. The number of hydrogen-bond donors (Lipinski definition) is 1. The summed E-state index contributed by atoms with van der Waals surface area (Å²) in [7, 11) is 1.57. The third kappa shape index (κ3) is 3.87. The summed E-state index contributed by atoms with van der Waals surface area (Å²) in [6.07, 6.45) is 0. The minimum atomic E-state index is -2.62. The summed E-state index contributed by atoms with van der Waals surface area (Å²) in [6.45, 7) is 0.209. The molecule has 0 aliphatic carbocycles. The van der Waals surface area contributed by atoms with Crippen LogP contribution in [0.1, 0.15) is 5.56 Å². The quantitative estimate of drug-likeness (QED) is 0.517. The van der Waals surface area contributed by atoms with Crippen LogP contribution in [-0.2, 0) is 6.54 Å². The fourth-order valence-electron chi connectivity index (χ4n) is 0.997. The van der Waals surface area contributed by atoms with E-state index < -0.39 is 10.4 Å². The molecule has 0 fully saturated rings. The number of nitrogens with two attached hydrogens (primary N) is 1. The molecule has 88 valence electrons. The van der Waals surface area contributed by atoms with Crippen molar-refractivity contribution >= 4 is 29.0 Å². The van der Waals surface area contributed by atoms with Crippen molar-refractivity contribution in [2.45, 2.75) is 11.1 Å². The zero-order valence-corrected chi connectivity index (χ0v) is 10.1. The van der Waals surface area contributed by atoms with Crippen LogP contribution in [0.25, 0.3) is 0 Å². The van der Waals surface area contributed by atoms with Crippen molar-refractivity contribution in [1.29, 1.82) is 0 Å². The zero-order chi connectivity index (χ0) is 12.2. The largest absolute Gasteiger partial charge is 0.497 e. The summed E-state index contributed by atoms with van der Waals surface area (Å²) in [5.74, 6) is 0.280. The lowest BCUT2D eigenvalue weighted by Crippen LogP contribution is -2.29. The van der Waals surface area contributed by atoms with Crippen LogP contribution in [0, 0.1) is 0 Å². The first-order chi connectivity index (χ1) is 7.43. The maximum Gasteiger partial charge on any atom is 0.314 e. The first kappa shape index (κ1) is 13.1. The van der Waals surface area contributed by atoms with Crippen molar-refractivity contribution in [3.63, 3.8) is 0 Å². The van der Waals surface area contributed by atoms with E-state index in [4.69, 9.17) is 33.7 Å². The lowest BCUT2D eigenvalue weighted by molar-refractivity contribution is 0.414. The highest BCUT2D eigenvalue weighted by molar-refractivity contribution is 6.57. The van der Waals surface area contributed by atoms with E-state index in [0.29, 0.717) is 0 Å². The number of rotatable bonds is 4. The molecule has 1 aromatic carbocycles. The summed E-state index contributed by atoms with van der Waals surface area (Å²) < 4.78 is 15.2. The Morgan fingerprint density at radius 2 is 2.00 bits per heavy atom. The van der Waals surface area contributed by atoms with Gasteiger partial charge in [-0.1, -0.05) is 35.3 Å².